The molecule has 1 unspecified atom stereocenters. The summed E-state index contributed by atoms with van der Waals surface area (Å²) in [7, 11) is -3.52. The number of carbonyl (C=O) groups is 1. The number of Topliss-reactive ketones (excluding diaryl/α,β-unsaturated/α-hetero) is 1. The van der Waals surface area contributed by atoms with Crippen LogP contribution in [0.5, 0.6) is 0 Å². The quantitative estimate of drug-likeness (QED) is 0.857. The van der Waals surface area contributed by atoms with E-state index in [4.69, 9.17) is 11.6 Å². The van der Waals surface area contributed by atoms with Crippen LogP contribution in [-0.2, 0) is 14.8 Å². The van der Waals surface area contributed by atoms with E-state index in [9.17, 15) is 13.2 Å². The van der Waals surface area contributed by atoms with Gasteiger partial charge in [0.2, 0.25) is 0 Å². The topological polar surface area (TPSA) is 54.5 Å². The normalized spacial score (nSPS) is 20.9. The Labute approximate surface area is 122 Å². The number of ketones is 1. The highest BCUT2D eigenvalue weighted by Gasteiger charge is 2.36. The van der Waals surface area contributed by atoms with Gasteiger partial charge in [0.1, 0.15) is 9.99 Å². The van der Waals surface area contributed by atoms with Crippen LogP contribution in [0.25, 0.3) is 0 Å². The second kappa shape index (κ2) is 5.52. The lowest BCUT2D eigenvalue weighted by atomic mass is 10.1. The van der Waals surface area contributed by atoms with Gasteiger partial charge < -0.3 is 0 Å². The molecule has 0 bridgehead atoms. The molecule has 7 heteroatoms. The minimum absolute atomic E-state index is 0.0208. The second-order valence-corrected chi connectivity index (χ2v) is 8.61. The Bertz CT molecular complexity index is 575. The first kappa shape index (κ1) is 15.0. The van der Waals surface area contributed by atoms with E-state index in [-0.39, 0.29) is 22.5 Å². The van der Waals surface area contributed by atoms with Crippen molar-refractivity contribution < 1.29 is 13.2 Å². The molecule has 0 N–H and O–H groups in total. The molecule has 2 rings (SSSR count). The molecule has 0 radical (unpaired) electrons. The third-order valence-corrected chi connectivity index (χ3v) is 7.20. The molecule has 1 aliphatic heterocycles. The Morgan fingerprint density at radius 2 is 2.26 bits per heavy atom. The van der Waals surface area contributed by atoms with E-state index in [1.54, 1.807) is 13.0 Å². The summed E-state index contributed by atoms with van der Waals surface area (Å²) in [5.74, 6) is 0.0208. The van der Waals surface area contributed by atoms with E-state index in [0.29, 0.717) is 10.9 Å². The third-order valence-electron chi connectivity index (χ3n) is 3.24. The zero-order chi connectivity index (χ0) is 14.2. The molecule has 0 aromatic carbocycles. The van der Waals surface area contributed by atoms with E-state index >= 15 is 0 Å². The Hall–Kier alpha value is -0.430. The van der Waals surface area contributed by atoms with Gasteiger partial charge in [0.15, 0.2) is 0 Å². The summed E-state index contributed by atoms with van der Waals surface area (Å²) in [6.45, 7) is 3.76. The van der Waals surface area contributed by atoms with Gasteiger partial charge in [0.25, 0.3) is 10.0 Å². The summed E-state index contributed by atoms with van der Waals surface area (Å²) in [6.07, 6.45) is 1.84. The van der Waals surface area contributed by atoms with Crippen LogP contribution in [-0.4, -0.2) is 31.1 Å². The molecular formula is C12H16ClNO3S2. The molecular weight excluding hydrogens is 306 g/mol. The highest BCUT2D eigenvalue weighted by Crippen LogP contribution is 2.35. The molecule has 1 aromatic rings. The molecule has 1 saturated heterocycles. The molecule has 0 amide bonds. The van der Waals surface area contributed by atoms with Crippen LogP contribution < -0.4 is 0 Å². The number of sulfonamides is 1. The fraction of sp³-hybridized carbons (Fsp3) is 0.583. The second-order valence-electron chi connectivity index (χ2n) is 4.84. The van der Waals surface area contributed by atoms with E-state index in [0.717, 1.165) is 29.7 Å². The summed E-state index contributed by atoms with van der Waals surface area (Å²) < 4.78 is 27.3. The molecule has 1 aliphatic rings. The number of carbonyl (C=O) groups excluding carboxylic acids is 1. The van der Waals surface area contributed by atoms with Gasteiger partial charge in [-0.25, -0.2) is 8.42 Å². The van der Waals surface area contributed by atoms with E-state index < -0.39 is 10.0 Å². The third kappa shape index (κ3) is 3.02. The molecule has 1 aromatic heterocycles. The molecule has 0 spiro atoms. The fourth-order valence-electron chi connectivity index (χ4n) is 2.34. The van der Waals surface area contributed by atoms with Crippen LogP contribution in [0, 0.1) is 6.92 Å². The van der Waals surface area contributed by atoms with Crippen LogP contribution in [0.4, 0.5) is 0 Å². The number of hydrogen-bond donors (Lipinski definition) is 0. The van der Waals surface area contributed by atoms with E-state index in [2.05, 4.69) is 0 Å². The van der Waals surface area contributed by atoms with Gasteiger partial charge in [-0.3, -0.25) is 4.79 Å². The summed E-state index contributed by atoms with van der Waals surface area (Å²) in [5.41, 5.74) is 0.771. The van der Waals surface area contributed by atoms with E-state index in [1.807, 2.05) is 0 Å². The van der Waals surface area contributed by atoms with Crippen molar-refractivity contribution in [1.29, 1.82) is 0 Å². The number of rotatable bonds is 4. The average Bonchev–Trinajstić information content (AvgIpc) is 2.87. The standard InChI is InChI=1S/C12H16ClNO3S2/c1-8-6-11(18-12(8)13)19(16,17)14-5-3-4-10(14)7-9(2)15/h6,10H,3-5,7H2,1-2H3. The maximum absolute atomic E-state index is 12.6. The Morgan fingerprint density at radius 1 is 1.58 bits per heavy atom. The van der Waals surface area contributed by atoms with Crippen molar-refractivity contribution >= 4 is 38.7 Å². The van der Waals surface area contributed by atoms with Crippen LogP contribution in [0.3, 0.4) is 0 Å². The minimum atomic E-state index is -3.52. The van der Waals surface area contributed by atoms with Crippen LogP contribution in [0.15, 0.2) is 10.3 Å². The van der Waals surface area contributed by atoms with Crippen molar-refractivity contribution in [3.63, 3.8) is 0 Å². The van der Waals surface area contributed by atoms with Crippen molar-refractivity contribution in [3.8, 4) is 0 Å². The van der Waals surface area contributed by atoms with Gasteiger partial charge >= 0.3 is 0 Å². The van der Waals surface area contributed by atoms with Gasteiger partial charge in [0, 0.05) is 19.0 Å². The lowest BCUT2D eigenvalue weighted by Crippen LogP contribution is -2.36. The molecule has 106 valence electrons. The molecule has 0 saturated carbocycles. The predicted octanol–water partition coefficient (Wildman–Crippen LogP) is 2.84. The number of halogens is 1. The maximum atomic E-state index is 12.6. The van der Waals surface area contributed by atoms with Gasteiger partial charge in [-0.05, 0) is 38.3 Å². The SMILES string of the molecule is CC(=O)CC1CCCN1S(=O)(=O)c1cc(C)c(Cl)s1. The molecule has 0 aliphatic carbocycles. The first-order chi connectivity index (χ1) is 8.82. The molecule has 4 nitrogen and oxygen atoms in total. The van der Waals surface area contributed by atoms with Crippen LogP contribution in [0.2, 0.25) is 4.34 Å². The Balaban J connectivity index is 2.30. The smallest absolute Gasteiger partial charge is 0.252 e. The maximum Gasteiger partial charge on any atom is 0.252 e. The Morgan fingerprint density at radius 3 is 2.79 bits per heavy atom. The molecule has 2 heterocycles. The first-order valence-electron chi connectivity index (χ1n) is 6.09. The summed E-state index contributed by atoms with van der Waals surface area (Å²) in [6, 6.07) is 1.40. The van der Waals surface area contributed by atoms with Gasteiger partial charge in [-0.1, -0.05) is 11.6 Å². The summed E-state index contributed by atoms with van der Waals surface area (Å²) in [4.78, 5) is 11.2. The first-order valence-corrected chi connectivity index (χ1v) is 8.73. The van der Waals surface area contributed by atoms with Crippen LogP contribution >= 0.6 is 22.9 Å². The number of aryl methyl sites for hydroxylation is 1. The van der Waals surface area contributed by atoms with Gasteiger partial charge in [-0.15, -0.1) is 11.3 Å². The van der Waals surface area contributed by atoms with Crippen molar-refractivity contribution in [3.05, 3.63) is 16.0 Å². The summed E-state index contributed by atoms with van der Waals surface area (Å²) in [5, 5.41) is 0. The lowest BCUT2D eigenvalue weighted by molar-refractivity contribution is -0.117. The number of nitrogens with zero attached hydrogens (tertiary/aromatic N) is 1. The van der Waals surface area contributed by atoms with Crippen molar-refractivity contribution in [1.82, 2.24) is 4.31 Å². The van der Waals surface area contributed by atoms with Crippen molar-refractivity contribution in [2.24, 2.45) is 0 Å². The summed E-state index contributed by atoms with van der Waals surface area (Å²) >= 11 is 7.02. The van der Waals surface area contributed by atoms with Gasteiger partial charge in [0.05, 0.1) is 4.34 Å². The zero-order valence-corrected chi connectivity index (χ0v) is 13.2. The molecule has 1 atom stereocenters. The molecule has 1 fully saturated rings. The minimum Gasteiger partial charge on any atom is -0.300 e. The Kier molecular flexibility index (Phi) is 4.35. The zero-order valence-electron chi connectivity index (χ0n) is 10.8. The number of thiophene rings is 1. The highest BCUT2D eigenvalue weighted by atomic mass is 35.5. The average molecular weight is 322 g/mol. The lowest BCUT2D eigenvalue weighted by Gasteiger charge is -2.22. The number of hydrogen-bond acceptors (Lipinski definition) is 4. The molecule has 19 heavy (non-hydrogen) atoms. The van der Waals surface area contributed by atoms with E-state index in [1.165, 1.54) is 11.2 Å². The van der Waals surface area contributed by atoms with Gasteiger partial charge in [-0.2, -0.15) is 4.31 Å². The fourth-order valence-corrected chi connectivity index (χ4v) is 5.87. The van der Waals surface area contributed by atoms with Crippen molar-refractivity contribution in [2.75, 3.05) is 6.54 Å². The monoisotopic (exact) mass is 321 g/mol. The predicted molar refractivity (Wildman–Crippen MR) is 76.3 cm³/mol. The highest BCUT2D eigenvalue weighted by molar-refractivity contribution is 7.91. The van der Waals surface area contributed by atoms with Crippen molar-refractivity contribution in [2.45, 2.75) is 43.4 Å². The largest absolute Gasteiger partial charge is 0.300 e. The van der Waals surface area contributed by atoms with Crippen LogP contribution in [0.1, 0.15) is 31.7 Å².